The van der Waals surface area contributed by atoms with Gasteiger partial charge >= 0.3 is 0 Å². The number of carbonyl (C=O) groups excluding carboxylic acids is 2. The van der Waals surface area contributed by atoms with Crippen molar-refractivity contribution in [2.45, 2.75) is 13.3 Å². The van der Waals surface area contributed by atoms with Crippen molar-refractivity contribution in [1.82, 2.24) is 0 Å². The highest BCUT2D eigenvalue weighted by molar-refractivity contribution is 5.72. The molecule has 0 atom stereocenters. The van der Waals surface area contributed by atoms with E-state index in [-0.39, 0.29) is 0 Å². The summed E-state index contributed by atoms with van der Waals surface area (Å²) in [6.07, 6.45) is 2.10. The summed E-state index contributed by atoms with van der Waals surface area (Å²) in [5.74, 6) is 0. The number of benzene rings is 2. The summed E-state index contributed by atoms with van der Waals surface area (Å²) in [5, 5.41) is 5.60. The van der Waals surface area contributed by atoms with Crippen LogP contribution in [0.25, 0.3) is 0 Å². The molecule has 4 heteroatoms. The SMILES string of the molecule is CNc1ccc(CC=O)cc1.Cc1ccccc1NC=O. The van der Waals surface area contributed by atoms with Gasteiger partial charge in [0.15, 0.2) is 0 Å². The molecule has 2 N–H and O–H groups in total. The highest BCUT2D eigenvalue weighted by atomic mass is 16.1. The second-order valence-electron chi connectivity index (χ2n) is 4.39. The fraction of sp³-hybridized carbons (Fsp3) is 0.176. The van der Waals surface area contributed by atoms with E-state index < -0.39 is 0 Å². The molecule has 0 unspecified atom stereocenters. The van der Waals surface area contributed by atoms with Gasteiger partial charge in [-0.15, -0.1) is 0 Å². The molecule has 0 aliphatic rings. The molecule has 2 aromatic rings. The Hall–Kier alpha value is -2.62. The predicted octanol–water partition coefficient (Wildman–Crippen LogP) is 3.03. The van der Waals surface area contributed by atoms with Crippen LogP contribution in [0.2, 0.25) is 0 Å². The Kier molecular flexibility index (Phi) is 7.29. The van der Waals surface area contributed by atoms with Crippen molar-refractivity contribution < 1.29 is 9.59 Å². The maximum atomic E-state index is 10.1. The molecule has 0 aliphatic carbocycles. The van der Waals surface area contributed by atoms with Gasteiger partial charge in [-0.3, -0.25) is 4.79 Å². The third kappa shape index (κ3) is 5.91. The fourth-order valence-electron chi connectivity index (χ4n) is 1.70. The minimum atomic E-state index is 0.504. The number of aldehydes is 1. The quantitative estimate of drug-likeness (QED) is 0.830. The number of carbonyl (C=O) groups is 2. The van der Waals surface area contributed by atoms with E-state index in [1.165, 1.54) is 0 Å². The lowest BCUT2D eigenvalue weighted by molar-refractivity contribution is -0.107. The van der Waals surface area contributed by atoms with Gasteiger partial charge in [-0.05, 0) is 36.2 Å². The third-order valence-corrected chi connectivity index (χ3v) is 2.92. The predicted molar refractivity (Wildman–Crippen MR) is 86.6 cm³/mol. The first kappa shape index (κ1) is 16.4. The Balaban J connectivity index is 0.000000211. The first-order chi connectivity index (χ1) is 10.2. The van der Waals surface area contributed by atoms with Crippen LogP contribution in [-0.2, 0) is 16.0 Å². The van der Waals surface area contributed by atoms with E-state index in [9.17, 15) is 9.59 Å². The number of hydrogen-bond acceptors (Lipinski definition) is 3. The van der Waals surface area contributed by atoms with Crippen LogP contribution in [0, 0.1) is 6.92 Å². The monoisotopic (exact) mass is 284 g/mol. The highest BCUT2D eigenvalue weighted by Gasteiger charge is 1.91. The standard InChI is InChI=1S/C9H11NO.C8H9NO/c1-10-9-4-2-8(3-5-9)6-7-11;1-7-4-2-3-5-8(7)9-6-10/h2-5,7,10H,6H2,1H3;2-6H,1H3,(H,9,10). The molecule has 2 rings (SSSR count). The average Bonchev–Trinajstić information content (AvgIpc) is 2.52. The summed E-state index contributed by atoms with van der Waals surface area (Å²) in [6.45, 7) is 1.95. The Labute approximate surface area is 125 Å². The van der Waals surface area contributed by atoms with Crippen molar-refractivity contribution in [3.63, 3.8) is 0 Å². The maximum Gasteiger partial charge on any atom is 0.211 e. The normalized spacial score (nSPS) is 9.05. The molecule has 0 aliphatic heterocycles. The number of nitrogens with one attached hydrogen (secondary N) is 2. The van der Waals surface area contributed by atoms with Crippen LogP contribution in [0.5, 0.6) is 0 Å². The van der Waals surface area contributed by atoms with Crippen LogP contribution in [0.3, 0.4) is 0 Å². The smallest absolute Gasteiger partial charge is 0.211 e. The average molecular weight is 284 g/mol. The molecule has 4 nitrogen and oxygen atoms in total. The molecule has 21 heavy (non-hydrogen) atoms. The van der Waals surface area contributed by atoms with E-state index in [0.717, 1.165) is 28.8 Å². The van der Waals surface area contributed by atoms with Crippen molar-refractivity contribution in [1.29, 1.82) is 0 Å². The van der Waals surface area contributed by atoms with Crippen LogP contribution in [0.1, 0.15) is 11.1 Å². The molecular formula is C17H20N2O2. The van der Waals surface area contributed by atoms with E-state index in [4.69, 9.17) is 0 Å². The van der Waals surface area contributed by atoms with Crippen molar-refractivity contribution in [3.05, 3.63) is 59.7 Å². The molecule has 0 saturated heterocycles. The topological polar surface area (TPSA) is 58.2 Å². The Bertz CT molecular complexity index is 565. The molecule has 2 aromatic carbocycles. The molecule has 0 saturated carbocycles. The summed E-state index contributed by atoms with van der Waals surface area (Å²) < 4.78 is 0. The van der Waals surface area contributed by atoms with E-state index in [2.05, 4.69) is 10.6 Å². The lowest BCUT2D eigenvalue weighted by atomic mass is 10.1. The minimum Gasteiger partial charge on any atom is -0.388 e. The Morgan fingerprint density at radius 1 is 1.00 bits per heavy atom. The van der Waals surface area contributed by atoms with E-state index >= 15 is 0 Å². The fourth-order valence-corrected chi connectivity index (χ4v) is 1.70. The zero-order valence-corrected chi connectivity index (χ0v) is 12.3. The van der Waals surface area contributed by atoms with Gasteiger partial charge in [0, 0.05) is 24.8 Å². The van der Waals surface area contributed by atoms with Crippen molar-refractivity contribution in [2.24, 2.45) is 0 Å². The molecule has 0 radical (unpaired) electrons. The van der Waals surface area contributed by atoms with Crippen LogP contribution in [0.4, 0.5) is 11.4 Å². The summed E-state index contributed by atoms with van der Waals surface area (Å²) in [6, 6.07) is 15.4. The van der Waals surface area contributed by atoms with Gasteiger partial charge in [0.05, 0.1) is 0 Å². The van der Waals surface area contributed by atoms with Gasteiger partial charge in [0.1, 0.15) is 6.29 Å². The van der Waals surface area contributed by atoms with Gasteiger partial charge in [-0.1, -0.05) is 30.3 Å². The second-order valence-corrected chi connectivity index (χ2v) is 4.39. The molecule has 0 bridgehead atoms. The first-order valence-corrected chi connectivity index (χ1v) is 6.67. The van der Waals surface area contributed by atoms with Gasteiger partial charge in [-0.2, -0.15) is 0 Å². The molecule has 0 fully saturated rings. The molecule has 1 amide bonds. The number of amides is 1. The third-order valence-electron chi connectivity index (χ3n) is 2.92. The molecule has 0 spiro atoms. The molecule has 110 valence electrons. The van der Waals surface area contributed by atoms with Crippen LogP contribution in [0.15, 0.2) is 48.5 Å². The van der Waals surface area contributed by atoms with E-state index in [1.807, 2.05) is 62.5 Å². The number of rotatable bonds is 5. The summed E-state index contributed by atoms with van der Waals surface area (Å²) in [4.78, 5) is 20.1. The number of anilines is 2. The van der Waals surface area contributed by atoms with Crippen LogP contribution in [-0.4, -0.2) is 19.7 Å². The van der Waals surface area contributed by atoms with Crippen molar-refractivity contribution in [2.75, 3.05) is 17.7 Å². The Morgan fingerprint density at radius 2 is 1.67 bits per heavy atom. The lowest BCUT2D eigenvalue weighted by Gasteiger charge is -2.00. The van der Waals surface area contributed by atoms with Crippen LogP contribution >= 0.6 is 0 Å². The molecule has 0 aromatic heterocycles. The minimum absolute atomic E-state index is 0.504. The number of hydrogen-bond donors (Lipinski definition) is 2. The largest absolute Gasteiger partial charge is 0.388 e. The van der Waals surface area contributed by atoms with Crippen LogP contribution < -0.4 is 10.6 Å². The van der Waals surface area contributed by atoms with Gasteiger partial charge in [0.2, 0.25) is 6.41 Å². The molecule has 0 heterocycles. The lowest BCUT2D eigenvalue weighted by Crippen LogP contribution is -1.94. The first-order valence-electron chi connectivity index (χ1n) is 6.67. The van der Waals surface area contributed by atoms with Gasteiger partial charge in [-0.25, -0.2) is 0 Å². The van der Waals surface area contributed by atoms with E-state index in [0.29, 0.717) is 12.8 Å². The number of aryl methyl sites for hydroxylation is 1. The van der Waals surface area contributed by atoms with Gasteiger partial charge in [0.25, 0.3) is 0 Å². The zero-order chi connectivity index (χ0) is 15.5. The highest BCUT2D eigenvalue weighted by Crippen LogP contribution is 2.11. The van der Waals surface area contributed by atoms with E-state index in [1.54, 1.807) is 0 Å². The Morgan fingerprint density at radius 3 is 2.19 bits per heavy atom. The summed E-state index contributed by atoms with van der Waals surface area (Å²) in [5.41, 5.74) is 4.07. The number of para-hydroxylation sites is 1. The zero-order valence-electron chi connectivity index (χ0n) is 12.3. The van der Waals surface area contributed by atoms with Gasteiger partial charge < -0.3 is 15.4 Å². The summed E-state index contributed by atoms with van der Waals surface area (Å²) in [7, 11) is 1.87. The molecular weight excluding hydrogens is 264 g/mol. The maximum absolute atomic E-state index is 10.1. The second kappa shape index (κ2) is 9.31. The van der Waals surface area contributed by atoms with Crippen molar-refractivity contribution in [3.8, 4) is 0 Å². The summed E-state index contributed by atoms with van der Waals surface area (Å²) >= 11 is 0. The van der Waals surface area contributed by atoms with Crippen molar-refractivity contribution >= 4 is 24.1 Å².